The molecule has 2 aromatic rings. The molecule has 1 atom stereocenters. The summed E-state index contributed by atoms with van der Waals surface area (Å²) in [5.74, 6) is -0.960. The van der Waals surface area contributed by atoms with Crippen LogP contribution in [0.2, 0.25) is 10.0 Å². The zero-order valence-electron chi connectivity index (χ0n) is 12.9. The first-order chi connectivity index (χ1) is 11.4. The number of ether oxygens (including phenoxy) is 1. The molecule has 0 aliphatic rings. The summed E-state index contributed by atoms with van der Waals surface area (Å²) < 4.78 is 5.22. The van der Waals surface area contributed by atoms with Gasteiger partial charge in [-0.05, 0) is 31.4 Å². The van der Waals surface area contributed by atoms with Crippen LogP contribution in [0.5, 0.6) is 0 Å². The molecule has 1 amide bonds. The van der Waals surface area contributed by atoms with E-state index in [1.165, 1.54) is 30.9 Å². The zero-order valence-corrected chi connectivity index (χ0v) is 15.2. The van der Waals surface area contributed by atoms with Gasteiger partial charge in [-0.1, -0.05) is 35.3 Å². The molecule has 0 radical (unpaired) electrons. The van der Waals surface area contributed by atoms with Gasteiger partial charge >= 0.3 is 5.97 Å². The lowest BCUT2D eigenvalue weighted by Crippen LogP contribution is -2.30. The van der Waals surface area contributed by atoms with E-state index in [9.17, 15) is 9.59 Å². The number of anilines is 1. The summed E-state index contributed by atoms with van der Waals surface area (Å²) in [7, 11) is 0. The van der Waals surface area contributed by atoms with Gasteiger partial charge in [-0.2, -0.15) is 0 Å². The Hall–Kier alpha value is -1.76. The van der Waals surface area contributed by atoms with Gasteiger partial charge in [0, 0.05) is 11.1 Å². The lowest BCUT2D eigenvalue weighted by atomic mass is 10.2. The molecular formula is C16H14Cl2N2O3S. The fraction of sp³-hybridized carbons (Fsp3) is 0.188. The fourth-order valence-corrected chi connectivity index (χ4v) is 2.83. The summed E-state index contributed by atoms with van der Waals surface area (Å²) in [4.78, 5) is 29.1. The van der Waals surface area contributed by atoms with E-state index in [2.05, 4.69) is 10.3 Å². The standard InChI is InChI=1S/C16H14Cl2N2O3S/c1-9(15(21)20-14-12(18)7-10(17)8-19-14)23-16(22)11-5-3-4-6-13(11)24-2/h3-9H,1-2H3,(H,19,20,21)/t9-/m0/s1. The molecule has 5 nitrogen and oxygen atoms in total. The van der Waals surface area contributed by atoms with Crippen molar-refractivity contribution in [3.8, 4) is 0 Å². The molecule has 0 saturated carbocycles. The molecule has 0 saturated heterocycles. The number of thioether (sulfide) groups is 1. The van der Waals surface area contributed by atoms with Crippen LogP contribution in [0, 0.1) is 0 Å². The number of carbonyl (C=O) groups is 2. The highest BCUT2D eigenvalue weighted by molar-refractivity contribution is 7.98. The lowest BCUT2D eigenvalue weighted by molar-refractivity contribution is -0.123. The van der Waals surface area contributed by atoms with Crippen LogP contribution >= 0.6 is 35.0 Å². The summed E-state index contributed by atoms with van der Waals surface area (Å²) >= 11 is 13.1. The molecule has 1 N–H and O–H groups in total. The van der Waals surface area contributed by atoms with Gasteiger partial charge in [0.25, 0.3) is 5.91 Å². The molecule has 1 aromatic heterocycles. The Morgan fingerprint density at radius 3 is 2.67 bits per heavy atom. The number of benzene rings is 1. The van der Waals surface area contributed by atoms with Crippen molar-refractivity contribution in [2.45, 2.75) is 17.9 Å². The van der Waals surface area contributed by atoms with Crippen molar-refractivity contribution in [2.75, 3.05) is 11.6 Å². The predicted octanol–water partition coefficient (Wildman–Crippen LogP) is 4.29. The quantitative estimate of drug-likeness (QED) is 0.614. The summed E-state index contributed by atoms with van der Waals surface area (Å²) in [5, 5.41) is 3.05. The Morgan fingerprint density at radius 2 is 2.00 bits per heavy atom. The number of halogens is 2. The summed E-state index contributed by atoms with van der Waals surface area (Å²) in [6.07, 6.45) is 2.20. The van der Waals surface area contributed by atoms with Crippen LogP contribution in [0.3, 0.4) is 0 Å². The van der Waals surface area contributed by atoms with Gasteiger partial charge in [-0.25, -0.2) is 9.78 Å². The fourth-order valence-electron chi connectivity index (χ4n) is 1.82. The van der Waals surface area contributed by atoms with Gasteiger partial charge in [0.1, 0.15) is 0 Å². The van der Waals surface area contributed by atoms with E-state index in [4.69, 9.17) is 27.9 Å². The van der Waals surface area contributed by atoms with E-state index >= 15 is 0 Å². The van der Waals surface area contributed by atoms with E-state index in [0.29, 0.717) is 10.6 Å². The van der Waals surface area contributed by atoms with Crippen molar-refractivity contribution >= 4 is 52.7 Å². The summed E-state index contributed by atoms with van der Waals surface area (Å²) in [6, 6.07) is 8.47. The Kier molecular flexibility index (Phi) is 6.48. The minimum absolute atomic E-state index is 0.151. The second kappa shape index (κ2) is 8.37. The van der Waals surface area contributed by atoms with Gasteiger partial charge in [0.15, 0.2) is 11.9 Å². The van der Waals surface area contributed by atoms with Crippen LogP contribution in [0.25, 0.3) is 0 Å². The lowest BCUT2D eigenvalue weighted by Gasteiger charge is -2.14. The third kappa shape index (κ3) is 4.63. The van der Waals surface area contributed by atoms with Crippen LogP contribution in [0.15, 0.2) is 41.4 Å². The van der Waals surface area contributed by atoms with Crippen molar-refractivity contribution in [1.82, 2.24) is 4.98 Å². The first kappa shape index (κ1) is 18.6. The number of amides is 1. The van der Waals surface area contributed by atoms with E-state index in [0.717, 1.165) is 4.90 Å². The number of carbonyl (C=O) groups excluding carboxylic acids is 2. The molecular weight excluding hydrogens is 371 g/mol. The largest absolute Gasteiger partial charge is 0.449 e. The summed E-state index contributed by atoms with van der Waals surface area (Å²) in [6.45, 7) is 1.47. The molecule has 0 bridgehead atoms. The van der Waals surface area contributed by atoms with Crippen molar-refractivity contribution in [2.24, 2.45) is 0 Å². The molecule has 0 spiro atoms. The minimum atomic E-state index is -1.01. The van der Waals surface area contributed by atoms with Gasteiger partial charge in [-0.3, -0.25) is 4.79 Å². The first-order valence-electron chi connectivity index (χ1n) is 6.88. The second-order valence-corrected chi connectivity index (χ2v) is 6.41. The molecule has 1 heterocycles. The number of hydrogen-bond donors (Lipinski definition) is 1. The highest BCUT2D eigenvalue weighted by Gasteiger charge is 2.21. The third-order valence-corrected chi connectivity index (χ3v) is 4.32. The molecule has 24 heavy (non-hydrogen) atoms. The van der Waals surface area contributed by atoms with Crippen LogP contribution in [-0.2, 0) is 9.53 Å². The van der Waals surface area contributed by atoms with E-state index < -0.39 is 18.0 Å². The number of nitrogens with zero attached hydrogens (tertiary/aromatic N) is 1. The predicted molar refractivity (Wildman–Crippen MR) is 96.0 cm³/mol. The van der Waals surface area contributed by atoms with Crippen LogP contribution < -0.4 is 5.32 Å². The maximum absolute atomic E-state index is 12.2. The van der Waals surface area contributed by atoms with E-state index in [-0.39, 0.29) is 10.8 Å². The topological polar surface area (TPSA) is 68.3 Å². The number of nitrogens with one attached hydrogen (secondary N) is 1. The molecule has 8 heteroatoms. The number of pyridine rings is 1. The Balaban J connectivity index is 2.04. The molecule has 0 fully saturated rings. The third-order valence-electron chi connectivity index (χ3n) is 3.03. The molecule has 0 aliphatic carbocycles. The van der Waals surface area contributed by atoms with Crippen molar-refractivity contribution in [3.05, 3.63) is 52.1 Å². The van der Waals surface area contributed by atoms with Crippen LogP contribution in [0.1, 0.15) is 17.3 Å². The van der Waals surface area contributed by atoms with Crippen LogP contribution in [0.4, 0.5) is 5.82 Å². The Bertz CT molecular complexity index is 771. The van der Waals surface area contributed by atoms with Crippen molar-refractivity contribution < 1.29 is 14.3 Å². The SMILES string of the molecule is CSc1ccccc1C(=O)O[C@@H](C)C(=O)Nc1ncc(Cl)cc1Cl. The molecule has 126 valence electrons. The average molecular weight is 385 g/mol. The van der Waals surface area contributed by atoms with Crippen LogP contribution in [-0.4, -0.2) is 29.2 Å². The monoisotopic (exact) mass is 384 g/mol. The second-order valence-electron chi connectivity index (χ2n) is 4.72. The van der Waals surface area contributed by atoms with Crippen molar-refractivity contribution in [3.63, 3.8) is 0 Å². The zero-order chi connectivity index (χ0) is 17.7. The smallest absolute Gasteiger partial charge is 0.340 e. The maximum Gasteiger partial charge on any atom is 0.340 e. The van der Waals surface area contributed by atoms with Gasteiger partial charge in [0.05, 0.1) is 15.6 Å². The van der Waals surface area contributed by atoms with Gasteiger partial charge in [-0.15, -0.1) is 11.8 Å². The van der Waals surface area contributed by atoms with Gasteiger partial charge in [0.2, 0.25) is 0 Å². The normalized spacial score (nSPS) is 11.7. The maximum atomic E-state index is 12.2. The highest BCUT2D eigenvalue weighted by atomic mass is 35.5. The molecule has 0 unspecified atom stereocenters. The molecule has 1 aromatic carbocycles. The molecule has 2 rings (SSSR count). The average Bonchev–Trinajstić information content (AvgIpc) is 2.57. The summed E-state index contributed by atoms with van der Waals surface area (Å²) in [5.41, 5.74) is 0.410. The van der Waals surface area contributed by atoms with E-state index in [1.807, 2.05) is 18.4 Å². The Morgan fingerprint density at radius 1 is 1.29 bits per heavy atom. The number of aromatic nitrogens is 1. The van der Waals surface area contributed by atoms with Gasteiger partial charge < -0.3 is 10.1 Å². The van der Waals surface area contributed by atoms with Crippen molar-refractivity contribution in [1.29, 1.82) is 0 Å². The number of rotatable bonds is 5. The first-order valence-corrected chi connectivity index (χ1v) is 8.86. The number of esters is 1. The van der Waals surface area contributed by atoms with E-state index in [1.54, 1.807) is 12.1 Å². The highest BCUT2D eigenvalue weighted by Crippen LogP contribution is 2.23. The minimum Gasteiger partial charge on any atom is -0.449 e. The molecule has 0 aliphatic heterocycles. The number of hydrogen-bond acceptors (Lipinski definition) is 5. The Labute approximate surface area is 153 Å².